The van der Waals surface area contributed by atoms with Gasteiger partial charge in [-0.2, -0.15) is 5.26 Å². The van der Waals surface area contributed by atoms with Crippen molar-refractivity contribution in [1.82, 2.24) is 9.88 Å². The molecule has 0 spiro atoms. The molecule has 0 unspecified atom stereocenters. The summed E-state index contributed by atoms with van der Waals surface area (Å²) in [6, 6.07) is 5.74. The molecular weight excluding hydrogens is 252 g/mol. The number of anilines is 1. The van der Waals surface area contributed by atoms with Crippen molar-refractivity contribution in [3.8, 4) is 6.07 Å². The first-order valence-electron chi connectivity index (χ1n) is 7.18. The summed E-state index contributed by atoms with van der Waals surface area (Å²) in [6.45, 7) is 2.97. The highest BCUT2D eigenvalue weighted by molar-refractivity contribution is 5.79. The fraction of sp³-hybridized carbons (Fsp3) is 0.533. The summed E-state index contributed by atoms with van der Waals surface area (Å²) in [6.07, 6.45) is 5.01. The summed E-state index contributed by atoms with van der Waals surface area (Å²) in [5.74, 6) is 1.33. The van der Waals surface area contributed by atoms with Gasteiger partial charge in [0.1, 0.15) is 11.9 Å². The normalized spacial score (nSPS) is 19.4. The van der Waals surface area contributed by atoms with Crippen LogP contribution in [0.2, 0.25) is 0 Å². The van der Waals surface area contributed by atoms with E-state index in [9.17, 15) is 4.79 Å². The van der Waals surface area contributed by atoms with E-state index < -0.39 is 0 Å². The zero-order valence-corrected chi connectivity index (χ0v) is 11.5. The van der Waals surface area contributed by atoms with Crippen LogP contribution < -0.4 is 4.90 Å². The van der Waals surface area contributed by atoms with Crippen LogP contribution in [0.1, 0.15) is 24.8 Å². The fourth-order valence-corrected chi connectivity index (χ4v) is 2.79. The van der Waals surface area contributed by atoms with Gasteiger partial charge in [0.2, 0.25) is 5.91 Å². The second-order valence-electron chi connectivity index (χ2n) is 5.43. The number of nitriles is 1. The second kappa shape index (κ2) is 5.49. The lowest BCUT2D eigenvalue weighted by Crippen LogP contribution is -2.51. The first-order valence-corrected chi connectivity index (χ1v) is 7.18. The molecule has 20 heavy (non-hydrogen) atoms. The number of hydrogen-bond donors (Lipinski definition) is 0. The molecule has 0 bridgehead atoms. The quantitative estimate of drug-likeness (QED) is 0.815. The number of amides is 1. The highest BCUT2D eigenvalue weighted by Crippen LogP contribution is 2.29. The van der Waals surface area contributed by atoms with Gasteiger partial charge in [-0.25, -0.2) is 4.98 Å². The van der Waals surface area contributed by atoms with Crippen molar-refractivity contribution < 1.29 is 4.79 Å². The van der Waals surface area contributed by atoms with E-state index in [0.29, 0.717) is 11.5 Å². The number of rotatable bonds is 2. The first kappa shape index (κ1) is 12.9. The molecule has 104 valence electrons. The molecule has 0 N–H and O–H groups in total. The van der Waals surface area contributed by atoms with E-state index in [-0.39, 0.29) is 5.92 Å². The van der Waals surface area contributed by atoms with Crippen LogP contribution in [0.3, 0.4) is 0 Å². The average Bonchev–Trinajstić information content (AvgIpc) is 2.45. The molecule has 1 saturated heterocycles. The zero-order valence-electron chi connectivity index (χ0n) is 11.5. The van der Waals surface area contributed by atoms with Crippen LogP contribution in [0, 0.1) is 17.2 Å². The topological polar surface area (TPSA) is 60.2 Å². The van der Waals surface area contributed by atoms with Crippen molar-refractivity contribution in [1.29, 1.82) is 5.26 Å². The van der Waals surface area contributed by atoms with Crippen LogP contribution in [0.4, 0.5) is 5.82 Å². The third-order valence-electron chi connectivity index (χ3n) is 4.25. The maximum atomic E-state index is 12.2. The van der Waals surface area contributed by atoms with E-state index in [1.165, 1.54) is 6.42 Å². The summed E-state index contributed by atoms with van der Waals surface area (Å²) < 4.78 is 0. The van der Waals surface area contributed by atoms with Gasteiger partial charge < -0.3 is 9.80 Å². The van der Waals surface area contributed by atoms with Crippen molar-refractivity contribution >= 4 is 11.7 Å². The monoisotopic (exact) mass is 270 g/mol. The van der Waals surface area contributed by atoms with Crippen molar-refractivity contribution in [3.63, 3.8) is 0 Å². The van der Waals surface area contributed by atoms with Crippen molar-refractivity contribution in [2.24, 2.45) is 5.92 Å². The predicted molar refractivity (Wildman–Crippen MR) is 75.1 cm³/mol. The van der Waals surface area contributed by atoms with Crippen LogP contribution in [-0.2, 0) is 4.79 Å². The molecular formula is C15H18N4O. The number of nitrogens with zero attached hydrogens (tertiary/aromatic N) is 4. The molecule has 0 aromatic carbocycles. The number of aromatic nitrogens is 1. The molecule has 2 heterocycles. The minimum Gasteiger partial charge on any atom is -0.352 e. The Balaban J connectivity index is 1.63. The number of carbonyl (C=O) groups excluding carboxylic acids is 1. The van der Waals surface area contributed by atoms with Gasteiger partial charge in [0.25, 0.3) is 0 Å². The minimum absolute atomic E-state index is 0.270. The number of pyridine rings is 1. The third-order valence-corrected chi connectivity index (χ3v) is 4.25. The standard InChI is InChI=1S/C15H18N4O/c16-11-13-5-2-6-17-14(13)18-7-9-19(10-8-18)15(20)12-3-1-4-12/h2,5-6,12H,1,3-4,7-10H2. The average molecular weight is 270 g/mol. The molecule has 0 atom stereocenters. The van der Waals surface area contributed by atoms with Gasteiger partial charge in [0.05, 0.1) is 5.56 Å². The van der Waals surface area contributed by atoms with E-state index in [1.807, 2.05) is 4.90 Å². The summed E-state index contributed by atoms with van der Waals surface area (Å²) in [5, 5.41) is 9.12. The van der Waals surface area contributed by atoms with Crippen LogP contribution in [-0.4, -0.2) is 42.0 Å². The molecule has 1 aliphatic heterocycles. The molecule has 1 saturated carbocycles. The molecule has 2 fully saturated rings. The smallest absolute Gasteiger partial charge is 0.225 e. The second-order valence-corrected chi connectivity index (χ2v) is 5.43. The molecule has 0 radical (unpaired) electrons. The van der Waals surface area contributed by atoms with Crippen molar-refractivity contribution in [2.45, 2.75) is 19.3 Å². The highest BCUT2D eigenvalue weighted by atomic mass is 16.2. The highest BCUT2D eigenvalue weighted by Gasteiger charge is 2.31. The zero-order chi connectivity index (χ0) is 13.9. The number of piperazine rings is 1. The minimum atomic E-state index is 0.270. The van der Waals surface area contributed by atoms with Crippen LogP contribution in [0.25, 0.3) is 0 Å². The van der Waals surface area contributed by atoms with E-state index >= 15 is 0 Å². The van der Waals surface area contributed by atoms with Crippen LogP contribution in [0.5, 0.6) is 0 Å². The Kier molecular flexibility index (Phi) is 3.55. The Morgan fingerprint density at radius 1 is 1.30 bits per heavy atom. The Bertz CT molecular complexity index is 539. The SMILES string of the molecule is N#Cc1cccnc1N1CCN(C(=O)C2CCC2)CC1. The molecule has 1 aliphatic carbocycles. The Hall–Kier alpha value is -2.09. The molecule has 1 aromatic rings. The van der Waals surface area contributed by atoms with E-state index in [1.54, 1.807) is 18.3 Å². The van der Waals surface area contributed by atoms with Gasteiger partial charge in [-0.3, -0.25) is 4.79 Å². The molecule has 5 nitrogen and oxygen atoms in total. The molecule has 5 heteroatoms. The number of hydrogen-bond acceptors (Lipinski definition) is 4. The molecule has 1 aromatic heterocycles. The van der Waals surface area contributed by atoms with Gasteiger partial charge in [0, 0.05) is 38.3 Å². The predicted octanol–water partition coefficient (Wildman–Crippen LogP) is 1.40. The lowest BCUT2D eigenvalue weighted by Gasteiger charge is -2.38. The van der Waals surface area contributed by atoms with Gasteiger partial charge >= 0.3 is 0 Å². The first-order chi connectivity index (χ1) is 9.79. The lowest BCUT2D eigenvalue weighted by molar-refractivity contribution is -0.138. The summed E-state index contributed by atoms with van der Waals surface area (Å²) in [4.78, 5) is 20.6. The largest absolute Gasteiger partial charge is 0.352 e. The van der Waals surface area contributed by atoms with Gasteiger partial charge in [0.15, 0.2) is 0 Å². The maximum absolute atomic E-state index is 12.2. The summed E-state index contributed by atoms with van der Waals surface area (Å²) in [5.41, 5.74) is 0.603. The van der Waals surface area contributed by atoms with Crippen LogP contribution >= 0.6 is 0 Å². The van der Waals surface area contributed by atoms with Gasteiger partial charge in [-0.15, -0.1) is 0 Å². The lowest BCUT2D eigenvalue weighted by atomic mass is 9.84. The Morgan fingerprint density at radius 3 is 2.65 bits per heavy atom. The summed E-state index contributed by atoms with van der Waals surface area (Å²) >= 11 is 0. The van der Waals surface area contributed by atoms with E-state index in [2.05, 4.69) is 16.0 Å². The Morgan fingerprint density at radius 2 is 2.05 bits per heavy atom. The molecule has 2 aliphatic rings. The van der Waals surface area contributed by atoms with Crippen molar-refractivity contribution in [2.75, 3.05) is 31.1 Å². The van der Waals surface area contributed by atoms with Gasteiger partial charge in [-0.05, 0) is 25.0 Å². The fourth-order valence-electron chi connectivity index (χ4n) is 2.79. The summed E-state index contributed by atoms with van der Waals surface area (Å²) in [7, 11) is 0. The maximum Gasteiger partial charge on any atom is 0.225 e. The van der Waals surface area contributed by atoms with E-state index in [4.69, 9.17) is 5.26 Å². The third kappa shape index (κ3) is 2.34. The van der Waals surface area contributed by atoms with Gasteiger partial charge in [-0.1, -0.05) is 6.42 Å². The number of carbonyl (C=O) groups is 1. The van der Waals surface area contributed by atoms with Crippen LogP contribution in [0.15, 0.2) is 18.3 Å². The van der Waals surface area contributed by atoms with E-state index in [0.717, 1.165) is 44.8 Å². The van der Waals surface area contributed by atoms with Crippen molar-refractivity contribution in [3.05, 3.63) is 23.9 Å². The molecule has 3 rings (SSSR count). The molecule has 1 amide bonds. The Labute approximate surface area is 118 Å².